The number of halogens is 6. The summed E-state index contributed by atoms with van der Waals surface area (Å²) >= 11 is 28.6. The number of aliphatic hydroxyl groups is 2. The Morgan fingerprint density at radius 2 is 0.432 bits per heavy atom. The van der Waals surface area contributed by atoms with Gasteiger partial charge in [-0.1, -0.05) is 153 Å². The molecular weight excluding hydrogens is 1790 g/mol. The van der Waals surface area contributed by atoms with E-state index in [0.717, 1.165) is 0 Å². The standard InChI is InChI=1S/C74H112B2O28P2.2C5H12.3CH2Cl2/c1-79-37-47-53-59(83-5)65(89-11)71(95-47)99-51-45(35-77)93-69(63(87-9)57(51)81-3)104-56-50(40-106(76,43-31-23-17-24-32-43)44-33-25-18-26-34-44)98-74(68(92-14)62(56)86-8)102-54-48(38-80-2)96-72(66(90-12)60(54)84-6)100-52-46(36-78)94-70(64(88-10)58(52)82-4)103-55-49(97-73(101-53)67(91-13)61(55)85-7)39-105(75,41-27-19-15-20-28-41)42-29-21-16-22-30-42;2*1-3-5-4-2;3*2-1-3/h15-34,45-74,77-78H,35-40H2,1-14,75-76H3;2*3-5H2,1-2H3;3*1H2/t45-,46-,47-,48-,49-,50-,51-,52-,53-,54-,55-,56-,57+,58+,59+,60+,61+,62+,63-,64-,65-,66-,67-,68-,69-,70-,71-,72-,73-,74-;;;;;/m1...../s1. The van der Waals surface area contributed by atoms with Crippen LogP contribution in [0, 0.1) is 0 Å². The number of alkyl halides is 6. The minimum atomic E-state index is -2.24. The third-order valence-corrected chi connectivity index (χ3v) is 27.1. The molecular formula is C87H142B2Cl6O28P2. The summed E-state index contributed by atoms with van der Waals surface area (Å²) in [7, 11) is 15.9. The summed E-state index contributed by atoms with van der Waals surface area (Å²) < 4.78 is 176. The molecule has 4 aromatic rings. The third kappa shape index (κ3) is 29.3. The maximum atomic E-state index is 11.7. The first kappa shape index (κ1) is 112. The smallest absolute Gasteiger partial charge is 0.187 e. The van der Waals surface area contributed by atoms with Gasteiger partial charge in [-0.3, -0.25) is 0 Å². The lowest BCUT2D eigenvalue weighted by molar-refractivity contribution is -0.407. The molecule has 22 heterocycles. The van der Waals surface area contributed by atoms with Gasteiger partial charge in [0.2, 0.25) is 0 Å². The fraction of sp³-hybridized carbons (Fsp3) is 0.724. The van der Waals surface area contributed by atoms with Gasteiger partial charge in [0.25, 0.3) is 0 Å². The van der Waals surface area contributed by atoms with Crippen LogP contribution in [0.4, 0.5) is 0 Å². The highest BCUT2D eigenvalue weighted by Gasteiger charge is 2.63. The van der Waals surface area contributed by atoms with Gasteiger partial charge >= 0.3 is 0 Å². The van der Waals surface area contributed by atoms with Crippen molar-refractivity contribution in [1.82, 2.24) is 0 Å². The molecule has 28 nitrogen and oxygen atoms in total. The van der Waals surface area contributed by atoms with Crippen molar-refractivity contribution in [2.24, 2.45) is 0 Å². The zero-order chi connectivity index (χ0) is 91.8. The van der Waals surface area contributed by atoms with E-state index in [1.807, 2.05) is 24.3 Å². The van der Waals surface area contributed by atoms with Crippen LogP contribution in [-0.2, 0) is 123 Å². The minimum Gasteiger partial charge on any atom is -0.394 e. The topological polar surface area (TPSA) is 280 Å². The number of ether oxygens (including phenoxy) is 26. The summed E-state index contributed by atoms with van der Waals surface area (Å²) in [6.07, 6.45) is -22.8. The zero-order valence-electron chi connectivity index (χ0n) is 74.1. The molecule has 0 unspecified atom stereocenters. The number of benzene rings is 4. The Morgan fingerprint density at radius 1 is 0.264 bits per heavy atom. The van der Waals surface area contributed by atoms with E-state index in [0.29, 0.717) is 12.3 Å². The molecule has 0 aromatic heterocycles. The summed E-state index contributed by atoms with van der Waals surface area (Å²) in [5.41, 5.74) is 0. The lowest BCUT2D eigenvalue weighted by atomic mass is 9.94. The van der Waals surface area contributed by atoms with E-state index in [1.165, 1.54) is 102 Å². The van der Waals surface area contributed by atoms with Crippen molar-refractivity contribution in [1.29, 1.82) is 0 Å². The van der Waals surface area contributed by atoms with Gasteiger partial charge in [-0.25, -0.2) is 0 Å². The Morgan fingerprint density at radius 3 is 0.592 bits per heavy atom. The molecule has 30 atom stereocenters. The Labute approximate surface area is 774 Å². The van der Waals surface area contributed by atoms with Crippen molar-refractivity contribution in [2.45, 2.75) is 250 Å². The Bertz CT molecular complexity index is 3120. The third-order valence-electron chi connectivity index (χ3n) is 22.0. The van der Waals surface area contributed by atoms with Gasteiger partial charge in [0.1, 0.15) is 162 Å². The summed E-state index contributed by atoms with van der Waals surface area (Å²) in [5, 5.41) is 28.7. The van der Waals surface area contributed by atoms with Crippen molar-refractivity contribution < 1.29 is 133 Å². The van der Waals surface area contributed by atoms with Crippen LogP contribution in [0.2, 0.25) is 0 Å². The molecule has 26 rings (SSSR count). The minimum absolute atomic E-state index is 0.0418. The van der Waals surface area contributed by atoms with Crippen LogP contribution >= 0.6 is 83.9 Å². The van der Waals surface area contributed by atoms with E-state index in [-0.39, 0.29) is 29.2 Å². The largest absolute Gasteiger partial charge is 0.394 e. The van der Waals surface area contributed by atoms with Crippen molar-refractivity contribution >= 4 is 120 Å². The first-order valence-corrected chi connectivity index (χ1v) is 47.7. The summed E-state index contributed by atoms with van der Waals surface area (Å²) in [6, 6.07) is 42.1. The molecule has 38 heteroatoms. The molecule has 0 aliphatic carbocycles. The summed E-state index contributed by atoms with van der Waals surface area (Å²) in [4.78, 5) is 0. The predicted octanol–water partition coefficient (Wildman–Crippen LogP) is 8.67. The molecule has 22 fully saturated rings. The number of unbranched alkanes of at least 4 members (excludes halogenated alkanes) is 4. The lowest BCUT2D eigenvalue weighted by Crippen LogP contribution is -2.70. The monoisotopic (exact) mass is 1930 g/mol. The van der Waals surface area contributed by atoms with E-state index in [1.54, 1.807) is 56.9 Å². The number of hydrogen-bond donors (Lipinski definition) is 2. The predicted molar refractivity (Wildman–Crippen MR) is 497 cm³/mol. The maximum Gasteiger partial charge on any atom is 0.187 e. The molecule has 4 aromatic carbocycles. The van der Waals surface area contributed by atoms with Gasteiger partial charge in [0.05, 0.1) is 76.0 Å². The first-order valence-electron chi connectivity index (χ1n) is 41.5. The van der Waals surface area contributed by atoms with Gasteiger partial charge in [-0.05, 0) is 48.5 Å². The van der Waals surface area contributed by atoms with Crippen LogP contribution in [-0.4, -0.2) is 364 Å². The SMILES string of the molecule is CCCCC.CCCCC.ClCCl.ClCCl.ClCCl.[BH3-][P+](C[C@H]1O[C@@H]2O[C@H]3[C@H](OC)[C@@H](OC)[C@@H](O[C@H]4[C@H](OC)[C@@H](OC)[C@@H](O[C@H]5[C@H](OC)[C@@H](OC)[C@@H](O[C@H]6[C@H](OC)[C@@H](OC)[C@@H](O[C@H]7[C@H](OC)[C@@H](OC)[C@@H](O[C@H]1[C@H](OC)[C@H]2OC)O[C@@H]7CO)O[C@@H]6COC)O[C@@H]5C[P+]([BH3-])(c1ccccc1)c1ccccc1)O[C@@H]4CO)O[C@@H]3COC)(c1ccccc1)c1ccccc1. The first-order chi connectivity index (χ1) is 60.7. The van der Waals surface area contributed by atoms with Crippen molar-refractivity contribution in [3.05, 3.63) is 121 Å². The van der Waals surface area contributed by atoms with Crippen LogP contribution in [0.5, 0.6) is 0 Å². The van der Waals surface area contributed by atoms with Crippen molar-refractivity contribution in [3.63, 3.8) is 0 Å². The lowest BCUT2D eigenvalue weighted by Gasteiger charge is -2.53. The van der Waals surface area contributed by atoms with Gasteiger partial charge < -0.3 is 133 Å². The number of rotatable bonds is 30. The average Bonchev–Trinajstić information content (AvgIpc) is 0.757. The molecule has 0 spiro atoms. The van der Waals surface area contributed by atoms with E-state index < -0.39 is 227 Å². The summed E-state index contributed by atoms with van der Waals surface area (Å²) in [6.45, 7) is 7.60. The number of methoxy groups -OCH3 is 14. The highest BCUT2D eigenvalue weighted by atomic mass is 35.5. The second-order valence-corrected chi connectivity index (χ2v) is 36.0. The van der Waals surface area contributed by atoms with Crippen LogP contribution in [0.15, 0.2) is 121 Å². The van der Waals surface area contributed by atoms with E-state index in [4.69, 9.17) is 193 Å². The number of hydrogen-bond acceptors (Lipinski definition) is 28. The summed E-state index contributed by atoms with van der Waals surface area (Å²) in [5.74, 6) is 0. The molecule has 22 aliphatic rings. The van der Waals surface area contributed by atoms with E-state index in [9.17, 15) is 10.2 Å². The Kier molecular flexibility index (Phi) is 53.9. The van der Waals surface area contributed by atoms with Crippen LogP contribution in [0.25, 0.3) is 0 Å². The van der Waals surface area contributed by atoms with E-state index >= 15 is 0 Å². The highest BCUT2D eigenvalue weighted by molar-refractivity contribution is 8.09. The fourth-order valence-electron chi connectivity index (χ4n) is 16.3. The zero-order valence-corrected chi connectivity index (χ0v) is 80.5. The van der Waals surface area contributed by atoms with Gasteiger partial charge in [-0.15, -0.1) is 69.6 Å². The molecule has 716 valence electrons. The quantitative estimate of drug-likeness (QED) is 0.0280. The van der Waals surface area contributed by atoms with Crippen molar-refractivity contribution in [2.75, 3.05) is 154 Å². The van der Waals surface area contributed by atoms with Crippen LogP contribution in [0.1, 0.15) is 66.2 Å². The second kappa shape index (κ2) is 60.1. The second-order valence-electron chi connectivity index (χ2n) is 29.1. The molecule has 0 saturated carbocycles. The van der Waals surface area contributed by atoms with Gasteiger partial charge in [0.15, 0.2) is 37.7 Å². The fourth-order valence-corrected chi connectivity index (χ4v) is 21.2. The normalized spacial score (nSPS) is 34.3. The van der Waals surface area contributed by atoms with Gasteiger partial charge in [-0.2, -0.15) is 0 Å². The average molecular weight is 1930 g/mol. The molecule has 125 heavy (non-hydrogen) atoms. The highest BCUT2D eigenvalue weighted by Crippen LogP contribution is 2.56. The van der Waals surface area contributed by atoms with Gasteiger partial charge in [0, 0.05) is 99.5 Å². The van der Waals surface area contributed by atoms with Crippen LogP contribution < -0.4 is 21.2 Å². The molecule has 0 radical (unpaired) electrons. The Balaban J connectivity index is 0.00000116. The maximum absolute atomic E-state index is 11.7. The van der Waals surface area contributed by atoms with E-state index in [2.05, 4.69) is 125 Å². The van der Waals surface area contributed by atoms with Crippen molar-refractivity contribution in [3.8, 4) is 0 Å². The Hall–Kier alpha value is -1.51. The molecule has 0 amide bonds. The molecule has 2 N–H and O–H groups in total. The molecule has 22 saturated heterocycles. The number of aliphatic hydroxyl groups excluding tert-OH is 2. The van der Waals surface area contributed by atoms with Crippen LogP contribution in [0.3, 0.4) is 0 Å². The molecule has 22 aliphatic heterocycles. The molecule has 12 bridgehead atoms.